The molecule has 0 saturated heterocycles. The van der Waals surface area contributed by atoms with Crippen molar-refractivity contribution in [1.82, 2.24) is 4.72 Å². The van der Waals surface area contributed by atoms with Gasteiger partial charge in [0.05, 0.1) is 12.9 Å². The standard InChI is InChI=1S/C14H19NO4S/c1-19-14(16)7-4-8-20(17,18)15-10-12-9-11-5-2-3-6-13(11)12/h2-3,5-6,12,15H,4,7-10H2,1H3. The summed E-state index contributed by atoms with van der Waals surface area (Å²) < 4.78 is 30.7. The number of esters is 1. The van der Waals surface area contributed by atoms with Crippen molar-refractivity contribution in [1.29, 1.82) is 0 Å². The number of ether oxygens (including phenoxy) is 1. The molecule has 0 aliphatic heterocycles. The van der Waals surface area contributed by atoms with E-state index >= 15 is 0 Å². The lowest BCUT2D eigenvalue weighted by molar-refractivity contribution is -0.140. The van der Waals surface area contributed by atoms with Gasteiger partial charge in [0.25, 0.3) is 0 Å². The molecule has 0 radical (unpaired) electrons. The van der Waals surface area contributed by atoms with Gasteiger partial charge in [-0.25, -0.2) is 13.1 Å². The first kappa shape index (κ1) is 15.0. The Morgan fingerprint density at radius 1 is 1.40 bits per heavy atom. The van der Waals surface area contributed by atoms with Crippen molar-refractivity contribution in [3.8, 4) is 0 Å². The normalized spacial score (nSPS) is 17.1. The number of benzene rings is 1. The van der Waals surface area contributed by atoms with Crippen molar-refractivity contribution >= 4 is 16.0 Å². The van der Waals surface area contributed by atoms with Crippen LogP contribution in [0.2, 0.25) is 0 Å². The maximum absolute atomic E-state index is 11.8. The summed E-state index contributed by atoms with van der Waals surface area (Å²) in [5, 5.41) is 0. The zero-order chi connectivity index (χ0) is 14.6. The Morgan fingerprint density at radius 3 is 2.85 bits per heavy atom. The molecular formula is C14H19NO4S. The molecule has 0 fully saturated rings. The summed E-state index contributed by atoms with van der Waals surface area (Å²) in [6.07, 6.45) is 1.33. The van der Waals surface area contributed by atoms with Crippen LogP contribution in [0.5, 0.6) is 0 Å². The van der Waals surface area contributed by atoms with Crippen LogP contribution in [0, 0.1) is 0 Å². The number of nitrogens with one attached hydrogen (secondary N) is 1. The smallest absolute Gasteiger partial charge is 0.305 e. The highest BCUT2D eigenvalue weighted by atomic mass is 32.2. The fourth-order valence-electron chi connectivity index (χ4n) is 2.35. The minimum absolute atomic E-state index is 0.0452. The van der Waals surface area contributed by atoms with E-state index in [1.807, 2.05) is 18.2 Å². The highest BCUT2D eigenvalue weighted by molar-refractivity contribution is 7.89. The summed E-state index contributed by atoms with van der Waals surface area (Å²) >= 11 is 0. The molecule has 1 aliphatic rings. The number of sulfonamides is 1. The summed E-state index contributed by atoms with van der Waals surface area (Å²) in [5.74, 6) is -0.161. The van der Waals surface area contributed by atoms with E-state index in [1.54, 1.807) is 0 Å². The molecule has 1 aromatic carbocycles. The molecule has 1 unspecified atom stereocenters. The number of methoxy groups -OCH3 is 1. The van der Waals surface area contributed by atoms with E-state index < -0.39 is 10.0 Å². The van der Waals surface area contributed by atoms with Crippen LogP contribution in [0.3, 0.4) is 0 Å². The maximum atomic E-state index is 11.8. The van der Waals surface area contributed by atoms with Gasteiger partial charge in [-0.2, -0.15) is 0 Å². The van der Waals surface area contributed by atoms with Crippen molar-refractivity contribution < 1.29 is 17.9 Å². The molecule has 1 N–H and O–H groups in total. The van der Waals surface area contributed by atoms with Gasteiger partial charge in [-0.1, -0.05) is 24.3 Å². The lowest BCUT2D eigenvalue weighted by Crippen LogP contribution is -2.34. The van der Waals surface area contributed by atoms with Crippen molar-refractivity contribution in [2.24, 2.45) is 0 Å². The van der Waals surface area contributed by atoms with E-state index in [-0.39, 0.29) is 30.5 Å². The summed E-state index contributed by atoms with van der Waals surface area (Å²) in [6, 6.07) is 8.06. The summed E-state index contributed by atoms with van der Waals surface area (Å²) in [7, 11) is -2.02. The van der Waals surface area contributed by atoms with Crippen LogP contribution in [-0.4, -0.2) is 33.8 Å². The van der Waals surface area contributed by atoms with Gasteiger partial charge in [-0.05, 0) is 24.0 Å². The van der Waals surface area contributed by atoms with Crippen LogP contribution in [0.25, 0.3) is 0 Å². The first-order valence-electron chi connectivity index (χ1n) is 6.64. The molecule has 1 aromatic rings. The Kier molecular flexibility index (Phi) is 4.77. The second-order valence-electron chi connectivity index (χ2n) is 4.95. The predicted molar refractivity (Wildman–Crippen MR) is 75.9 cm³/mol. The average Bonchev–Trinajstić information content (AvgIpc) is 2.39. The third-order valence-electron chi connectivity index (χ3n) is 3.53. The number of carbonyl (C=O) groups excluding carboxylic acids is 1. The van der Waals surface area contributed by atoms with Gasteiger partial charge in [0.2, 0.25) is 10.0 Å². The molecule has 5 nitrogen and oxygen atoms in total. The number of carbonyl (C=O) groups is 1. The van der Waals surface area contributed by atoms with Crippen molar-refractivity contribution in [2.75, 3.05) is 19.4 Å². The van der Waals surface area contributed by atoms with Gasteiger partial charge in [0, 0.05) is 18.9 Å². The highest BCUT2D eigenvalue weighted by Crippen LogP contribution is 2.34. The maximum Gasteiger partial charge on any atom is 0.305 e. The van der Waals surface area contributed by atoms with Crippen LogP contribution in [-0.2, 0) is 26.0 Å². The minimum atomic E-state index is -3.32. The van der Waals surface area contributed by atoms with E-state index in [0.717, 1.165) is 6.42 Å². The van der Waals surface area contributed by atoms with Crippen LogP contribution >= 0.6 is 0 Å². The van der Waals surface area contributed by atoms with Crippen LogP contribution in [0.4, 0.5) is 0 Å². The lowest BCUT2D eigenvalue weighted by atomic mass is 9.78. The number of rotatable bonds is 7. The topological polar surface area (TPSA) is 72.5 Å². The second kappa shape index (κ2) is 6.37. The van der Waals surface area contributed by atoms with Gasteiger partial charge in [0.15, 0.2) is 0 Å². The van der Waals surface area contributed by atoms with E-state index in [4.69, 9.17) is 0 Å². The molecule has 0 spiro atoms. The molecule has 0 amide bonds. The van der Waals surface area contributed by atoms with E-state index in [1.165, 1.54) is 18.2 Å². The zero-order valence-electron chi connectivity index (χ0n) is 11.5. The molecule has 2 rings (SSSR count). The third kappa shape index (κ3) is 3.80. The van der Waals surface area contributed by atoms with Gasteiger partial charge in [0.1, 0.15) is 0 Å². The number of fused-ring (bicyclic) bond motifs is 1. The van der Waals surface area contributed by atoms with Crippen LogP contribution < -0.4 is 4.72 Å². The second-order valence-corrected chi connectivity index (χ2v) is 6.87. The minimum Gasteiger partial charge on any atom is -0.469 e. The Hall–Kier alpha value is -1.40. The number of hydrogen-bond donors (Lipinski definition) is 1. The molecule has 20 heavy (non-hydrogen) atoms. The van der Waals surface area contributed by atoms with Crippen LogP contribution in [0.1, 0.15) is 29.9 Å². The molecule has 0 aromatic heterocycles. The quantitative estimate of drug-likeness (QED) is 0.768. The SMILES string of the molecule is COC(=O)CCCS(=O)(=O)NCC1Cc2ccccc21. The third-order valence-corrected chi connectivity index (χ3v) is 4.97. The Labute approximate surface area is 119 Å². The molecule has 110 valence electrons. The molecule has 1 atom stereocenters. The molecule has 6 heteroatoms. The Balaban J connectivity index is 1.75. The molecule has 0 bridgehead atoms. The number of hydrogen-bond acceptors (Lipinski definition) is 4. The molecule has 1 aliphatic carbocycles. The van der Waals surface area contributed by atoms with Crippen molar-refractivity contribution in [3.63, 3.8) is 0 Å². The fourth-order valence-corrected chi connectivity index (χ4v) is 3.48. The molecule has 0 saturated carbocycles. The van der Waals surface area contributed by atoms with Gasteiger partial charge >= 0.3 is 5.97 Å². The average molecular weight is 297 g/mol. The van der Waals surface area contributed by atoms with Gasteiger partial charge < -0.3 is 4.74 Å². The summed E-state index contributed by atoms with van der Waals surface area (Å²) in [6.45, 7) is 0.428. The summed E-state index contributed by atoms with van der Waals surface area (Å²) in [5.41, 5.74) is 2.52. The largest absolute Gasteiger partial charge is 0.469 e. The van der Waals surface area contributed by atoms with Crippen molar-refractivity contribution in [2.45, 2.75) is 25.2 Å². The highest BCUT2D eigenvalue weighted by Gasteiger charge is 2.26. The van der Waals surface area contributed by atoms with Gasteiger partial charge in [-0.15, -0.1) is 0 Å². The zero-order valence-corrected chi connectivity index (χ0v) is 12.3. The predicted octanol–water partition coefficient (Wildman–Crippen LogP) is 1.20. The monoisotopic (exact) mass is 297 g/mol. The van der Waals surface area contributed by atoms with E-state index in [9.17, 15) is 13.2 Å². The fraction of sp³-hybridized carbons (Fsp3) is 0.500. The van der Waals surface area contributed by atoms with Crippen LogP contribution in [0.15, 0.2) is 24.3 Å². The van der Waals surface area contributed by atoms with E-state index in [0.29, 0.717) is 6.54 Å². The van der Waals surface area contributed by atoms with Gasteiger partial charge in [-0.3, -0.25) is 4.79 Å². The molecular weight excluding hydrogens is 278 g/mol. The first-order valence-corrected chi connectivity index (χ1v) is 8.29. The summed E-state index contributed by atoms with van der Waals surface area (Å²) in [4.78, 5) is 10.9. The van der Waals surface area contributed by atoms with E-state index in [2.05, 4.69) is 15.5 Å². The van der Waals surface area contributed by atoms with Crippen molar-refractivity contribution in [3.05, 3.63) is 35.4 Å². The molecule has 0 heterocycles. The lowest BCUT2D eigenvalue weighted by Gasteiger charge is -2.30. The Bertz CT molecular complexity index is 583. The Morgan fingerprint density at radius 2 is 2.15 bits per heavy atom. The first-order chi connectivity index (χ1) is 9.52.